The quantitative estimate of drug-likeness (QED) is 0.574. The third-order valence-corrected chi connectivity index (χ3v) is 4.60. The molecule has 0 aliphatic carbocycles. The van der Waals surface area contributed by atoms with E-state index in [1.165, 1.54) is 22.3 Å². The molecule has 2 rings (SSSR count). The minimum atomic E-state index is -0.0950. The molecule has 20 heavy (non-hydrogen) atoms. The number of benzene rings is 2. The van der Waals surface area contributed by atoms with E-state index in [0.717, 1.165) is 22.9 Å². The van der Waals surface area contributed by atoms with E-state index < -0.39 is 0 Å². The highest BCUT2D eigenvalue weighted by Crippen LogP contribution is 2.32. The molecule has 0 radical (unpaired) electrons. The van der Waals surface area contributed by atoms with E-state index in [2.05, 4.69) is 73.1 Å². The van der Waals surface area contributed by atoms with Gasteiger partial charge in [0.1, 0.15) is 0 Å². The van der Waals surface area contributed by atoms with Crippen molar-refractivity contribution in [2.24, 2.45) is 0 Å². The van der Waals surface area contributed by atoms with Gasteiger partial charge in [-0.3, -0.25) is 0 Å². The maximum absolute atomic E-state index is 6.68. The molecule has 0 saturated heterocycles. The van der Waals surface area contributed by atoms with Crippen LogP contribution in [0.25, 0.3) is 0 Å². The molecule has 0 aliphatic heterocycles. The predicted octanol–water partition coefficient (Wildman–Crippen LogP) is 6.21. The van der Waals surface area contributed by atoms with Crippen molar-refractivity contribution in [3.05, 3.63) is 68.7 Å². The van der Waals surface area contributed by atoms with Crippen LogP contribution in [0.2, 0.25) is 0 Å². The highest BCUT2D eigenvalue weighted by molar-refractivity contribution is 9.10. The van der Waals surface area contributed by atoms with Crippen molar-refractivity contribution in [1.82, 2.24) is 0 Å². The van der Waals surface area contributed by atoms with Gasteiger partial charge >= 0.3 is 0 Å². The monoisotopic (exact) mass is 350 g/mol. The molecular weight excluding hydrogens is 332 g/mol. The molecule has 2 heteroatoms. The van der Waals surface area contributed by atoms with E-state index in [1.54, 1.807) is 0 Å². The summed E-state index contributed by atoms with van der Waals surface area (Å²) in [6.45, 7) is 6.49. The van der Waals surface area contributed by atoms with Crippen LogP contribution in [0, 0.1) is 6.92 Å². The molecule has 2 aromatic carbocycles. The lowest BCUT2D eigenvalue weighted by Crippen LogP contribution is -1.98. The average molecular weight is 352 g/mol. The van der Waals surface area contributed by atoms with Crippen LogP contribution >= 0.6 is 27.5 Å². The van der Waals surface area contributed by atoms with Crippen molar-refractivity contribution in [3.63, 3.8) is 0 Å². The van der Waals surface area contributed by atoms with E-state index >= 15 is 0 Å². The predicted molar refractivity (Wildman–Crippen MR) is 91.8 cm³/mol. The van der Waals surface area contributed by atoms with Gasteiger partial charge in [-0.1, -0.05) is 54.0 Å². The van der Waals surface area contributed by atoms with Crippen molar-refractivity contribution >= 4 is 27.5 Å². The first-order valence-electron chi connectivity index (χ1n) is 7.08. The molecule has 0 spiro atoms. The summed E-state index contributed by atoms with van der Waals surface area (Å²) in [5.41, 5.74) is 6.37. The van der Waals surface area contributed by atoms with Crippen molar-refractivity contribution in [2.75, 3.05) is 0 Å². The molecule has 1 atom stereocenters. The molecule has 0 nitrogen and oxygen atoms in total. The second-order valence-corrected chi connectivity index (χ2v) is 6.51. The van der Waals surface area contributed by atoms with Crippen molar-refractivity contribution in [3.8, 4) is 0 Å². The summed E-state index contributed by atoms with van der Waals surface area (Å²) in [7, 11) is 0. The number of alkyl halides is 1. The van der Waals surface area contributed by atoms with E-state index in [-0.39, 0.29) is 5.38 Å². The summed E-state index contributed by atoms with van der Waals surface area (Å²) >= 11 is 10.2. The summed E-state index contributed by atoms with van der Waals surface area (Å²) in [4.78, 5) is 0. The fourth-order valence-electron chi connectivity index (χ4n) is 2.58. The first kappa shape index (κ1) is 15.6. The molecule has 0 aliphatic rings. The Labute approximate surface area is 135 Å². The molecule has 1 unspecified atom stereocenters. The van der Waals surface area contributed by atoms with Gasteiger partial charge in [0, 0.05) is 4.47 Å². The van der Waals surface area contributed by atoms with Crippen LogP contribution in [0.5, 0.6) is 0 Å². The fourth-order valence-corrected chi connectivity index (χ4v) is 3.47. The van der Waals surface area contributed by atoms with Crippen LogP contribution in [-0.4, -0.2) is 0 Å². The highest BCUT2D eigenvalue weighted by Gasteiger charge is 2.13. The summed E-state index contributed by atoms with van der Waals surface area (Å²) in [5.74, 6) is 0. The lowest BCUT2D eigenvalue weighted by Gasteiger charge is -2.15. The molecule has 0 N–H and O–H groups in total. The molecule has 0 amide bonds. The zero-order chi connectivity index (χ0) is 14.7. The maximum Gasteiger partial charge on any atom is 0.0836 e. The zero-order valence-corrected chi connectivity index (χ0v) is 14.6. The van der Waals surface area contributed by atoms with Gasteiger partial charge in [-0.05, 0) is 59.7 Å². The Morgan fingerprint density at radius 1 is 0.950 bits per heavy atom. The van der Waals surface area contributed by atoms with Crippen LogP contribution in [0.4, 0.5) is 0 Å². The Morgan fingerprint density at radius 3 is 2.25 bits per heavy atom. The van der Waals surface area contributed by atoms with Gasteiger partial charge in [0.05, 0.1) is 5.38 Å². The number of halogens is 2. The Hall–Kier alpha value is -0.790. The number of hydrogen-bond acceptors (Lipinski definition) is 0. The Bertz CT molecular complexity index is 584. The number of hydrogen-bond donors (Lipinski definition) is 0. The Kier molecular flexibility index (Phi) is 5.29. The van der Waals surface area contributed by atoms with E-state index in [4.69, 9.17) is 11.6 Å². The second-order valence-electron chi connectivity index (χ2n) is 5.16. The maximum atomic E-state index is 6.68. The summed E-state index contributed by atoms with van der Waals surface area (Å²) < 4.78 is 1.08. The SMILES string of the molecule is CCc1ccc(C(Cl)c2cc(C)cc(Br)c2)cc1CC. The molecule has 0 saturated carbocycles. The third-order valence-electron chi connectivity index (χ3n) is 3.64. The summed E-state index contributed by atoms with van der Waals surface area (Å²) in [5, 5.41) is -0.0950. The number of aryl methyl sites for hydroxylation is 3. The average Bonchev–Trinajstić information content (AvgIpc) is 2.44. The van der Waals surface area contributed by atoms with Gasteiger partial charge in [0.25, 0.3) is 0 Å². The molecular formula is C18H20BrCl. The van der Waals surface area contributed by atoms with Crippen molar-refractivity contribution in [1.29, 1.82) is 0 Å². The first-order valence-corrected chi connectivity index (χ1v) is 8.31. The summed E-state index contributed by atoms with van der Waals surface area (Å²) in [6.07, 6.45) is 2.13. The van der Waals surface area contributed by atoms with Gasteiger partial charge in [-0.2, -0.15) is 0 Å². The van der Waals surface area contributed by atoms with E-state index in [1.807, 2.05) is 0 Å². The van der Waals surface area contributed by atoms with Crippen LogP contribution in [0.1, 0.15) is 47.0 Å². The number of rotatable bonds is 4. The smallest absolute Gasteiger partial charge is 0.0836 e. The van der Waals surface area contributed by atoms with E-state index in [9.17, 15) is 0 Å². The van der Waals surface area contributed by atoms with Crippen molar-refractivity contribution < 1.29 is 0 Å². The van der Waals surface area contributed by atoms with E-state index in [0.29, 0.717) is 0 Å². The topological polar surface area (TPSA) is 0 Å². The lowest BCUT2D eigenvalue weighted by molar-refractivity contribution is 1.01. The van der Waals surface area contributed by atoms with Gasteiger partial charge < -0.3 is 0 Å². The fraction of sp³-hybridized carbons (Fsp3) is 0.333. The van der Waals surface area contributed by atoms with Crippen molar-refractivity contribution in [2.45, 2.75) is 39.0 Å². The van der Waals surface area contributed by atoms with Gasteiger partial charge in [0.2, 0.25) is 0 Å². The molecule has 0 aromatic heterocycles. The minimum Gasteiger partial charge on any atom is -0.113 e. The molecule has 0 heterocycles. The molecule has 2 aromatic rings. The highest BCUT2D eigenvalue weighted by atomic mass is 79.9. The lowest BCUT2D eigenvalue weighted by atomic mass is 9.96. The van der Waals surface area contributed by atoms with Crippen LogP contribution < -0.4 is 0 Å². The molecule has 0 fully saturated rings. The first-order chi connectivity index (χ1) is 9.55. The molecule has 0 bridgehead atoms. The Morgan fingerprint density at radius 2 is 1.65 bits per heavy atom. The van der Waals surface area contributed by atoms with Gasteiger partial charge in [-0.15, -0.1) is 11.6 Å². The zero-order valence-electron chi connectivity index (χ0n) is 12.2. The second kappa shape index (κ2) is 6.78. The van der Waals surface area contributed by atoms with Crippen LogP contribution in [-0.2, 0) is 12.8 Å². The Balaban J connectivity index is 2.39. The van der Waals surface area contributed by atoms with Gasteiger partial charge in [0.15, 0.2) is 0 Å². The van der Waals surface area contributed by atoms with Crippen LogP contribution in [0.15, 0.2) is 40.9 Å². The minimum absolute atomic E-state index is 0.0950. The standard InChI is InChI=1S/C18H20BrCl/c1-4-13-6-7-15(10-14(13)5-2)18(20)16-8-12(3)9-17(19)11-16/h6-11,18H,4-5H2,1-3H3. The molecule has 106 valence electrons. The van der Waals surface area contributed by atoms with Gasteiger partial charge in [-0.25, -0.2) is 0 Å². The third kappa shape index (κ3) is 3.45. The normalized spacial score (nSPS) is 12.4. The van der Waals surface area contributed by atoms with Crippen LogP contribution in [0.3, 0.4) is 0 Å². The largest absolute Gasteiger partial charge is 0.113 e. The summed E-state index contributed by atoms with van der Waals surface area (Å²) in [6, 6.07) is 13.0.